The largest absolute Gasteiger partial charge is 0.396 e. The molecule has 0 aliphatic heterocycles. The fourth-order valence-electron chi connectivity index (χ4n) is 0.531. The first-order chi connectivity index (χ1) is 6.83. The highest BCUT2D eigenvalue weighted by molar-refractivity contribution is 4.81. The van der Waals surface area contributed by atoms with Crippen LogP contribution < -0.4 is 0 Å². The van der Waals surface area contributed by atoms with Crippen LogP contribution in [-0.2, 0) is 0 Å². The van der Waals surface area contributed by atoms with Crippen LogP contribution in [0.4, 0.5) is 0 Å². The van der Waals surface area contributed by atoms with E-state index < -0.39 is 0 Å². The zero-order valence-electron chi connectivity index (χ0n) is 9.03. The van der Waals surface area contributed by atoms with E-state index in [-0.39, 0.29) is 13.2 Å². The number of aliphatic hydroxyl groups is 2. The Morgan fingerprint density at radius 3 is 1.43 bits per heavy atom. The molecular weight excluding hydrogens is 176 g/mol. The van der Waals surface area contributed by atoms with Crippen molar-refractivity contribution in [2.45, 2.75) is 26.7 Å². The molecule has 0 amide bonds. The lowest BCUT2D eigenvalue weighted by Crippen LogP contribution is -1.72. The molecule has 0 aliphatic rings. The van der Waals surface area contributed by atoms with Crippen LogP contribution in [0.5, 0.6) is 0 Å². The van der Waals surface area contributed by atoms with E-state index >= 15 is 0 Å². The van der Waals surface area contributed by atoms with Crippen LogP contribution in [0.1, 0.15) is 26.7 Å². The van der Waals surface area contributed by atoms with Gasteiger partial charge in [-0.1, -0.05) is 0 Å². The summed E-state index contributed by atoms with van der Waals surface area (Å²) in [5.74, 6) is 0. The maximum atomic E-state index is 8.21. The predicted octanol–water partition coefficient (Wildman–Crippen LogP) is 2.20. The topological polar surface area (TPSA) is 40.5 Å². The summed E-state index contributed by atoms with van der Waals surface area (Å²) in [5.41, 5.74) is 5.68. The van der Waals surface area contributed by atoms with Crippen molar-refractivity contribution in [3.63, 3.8) is 0 Å². The van der Waals surface area contributed by atoms with E-state index in [2.05, 4.69) is 11.5 Å². The first-order valence-electron chi connectivity index (χ1n) is 4.76. The van der Waals surface area contributed by atoms with E-state index in [1.54, 1.807) is 12.2 Å². The third-order valence-corrected chi connectivity index (χ3v) is 1.12. The molecule has 14 heavy (non-hydrogen) atoms. The van der Waals surface area contributed by atoms with Crippen molar-refractivity contribution in [2.75, 3.05) is 13.2 Å². The predicted molar refractivity (Wildman–Crippen MR) is 60.1 cm³/mol. The Bertz CT molecular complexity index is 180. The summed E-state index contributed by atoms with van der Waals surface area (Å²) < 4.78 is 0. The average Bonchev–Trinajstić information content (AvgIpc) is 2.21. The smallest absolute Gasteiger partial charge is 0.0471 e. The molecule has 0 spiro atoms. The molecule has 0 saturated heterocycles. The van der Waals surface area contributed by atoms with Crippen LogP contribution in [0.3, 0.4) is 0 Å². The maximum absolute atomic E-state index is 8.21. The highest BCUT2D eigenvalue weighted by Gasteiger charge is 1.66. The van der Waals surface area contributed by atoms with Crippen molar-refractivity contribution in [3.05, 3.63) is 35.8 Å². The van der Waals surface area contributed by atoms with E-state index in [1.165, 1.54) is 0 Å². The summed E-state index contributed by atoms with van der Waals surface area (Å²) in [6.07, 6.45) is 8.67. The fraction of sp³-hybridized carbons (Fsp3) is 0.500. The molecule has 0 aliphatic carbocycles. The van der Waals surface area contributed by atoms with Crippen LogP contribution in [0, 0.1) is 0 Å². The number of rotatable bonds is 4. The molecule has 0 fully saturated rings. The molecule has 80 valence electrons. The SMILES string of the molecule is CC=C=CCCO.CC=C=CCCO. The number of hydrogen-bond donors (Lipinski definition) is 2. The molecule has 0 bridgehead atoms. The van der Waals surface area contributed by atoms with Crippen molar-refractivity contribution in [1.82, 2.24) is 0 Å². The molecule has 0 saturated carbocycles. The molecular formula is C12H20O2. The standard InChI is InChI=1S/2C6H10O/c2*1-2-3-4-5-6-7/h2*2,4,7H,5-6H2,1H3. The van der Waals surface area contributed by atoms with Gasteiger partial charge in [0.2, 0.25) is 0 Å². The summed E-state index contributed by atoms with van der Waals surface area (Å²) >= 11 is 0. The van der Waals surface area contributed by atoms with Crippen LogP contribution in [0.15, 0.2) is 35.8 Å². The fourth-order valence-corrected chi connectivity index (χ4v) is 0.531. The molecule has 0 aromatic heterocycles. The molecule has 0 rings (SSSR count). The van der Waals surface area contributed by atoms with E-state index in [9.17, 15) is 0 Å². The molecule has 2 N–H and O–H groups in total. The molecule has 2 nitrogen and oxygen atoms in total. The van der Waals surface area contributed by atoms with Gasteiger partial charge in [-0.25, -0.2) is 0 Å². The second kappa shape index (κ2) is 17.9. The van der Waals surface area contributed by atoms with Crippen molar-refractivity contribution in [2.24, 2.45) is 0 Å². The lowest BCUT2D eigenvalue weighted by molar-refractivity contribution is 0.302. The van der Waals surface area contributed by atoms with Crippen LogP contribution in [-0.4, -0.2) is 23.4 Å². The van der Waals surface area contributed by atoms with E-state index in [1.807, 2.05) is 26.0 Å². The van der Waals surface area contributed by atoms with Gasteiger partial charge in [-0.05, 0) is 51.0 Å². The Labute approximate surface area is 86.6 Å². The third-order valence-electron chi connectivity index (χ3n) is 1.12. The Kier molecular flexibility index (Phi) is 19.7. The highest BCUT2D eigenvalue weighted by atomic mass is 16.3. The summed E-state index contributed by atoms with van der Waals surface area (Å²) in [4.78, 5) is 0. The van der Waals surface area contributed by atoms with Crippen molar-refractivity contribution in [3.8, 4) is 0 Å². The summed E-state index contributed by atoms with van der Waals surface area (Å²) in [7, 11) is 0. The molecule has 0 aromatic carbocycles. The lowest BCUT2D eigenvalue weighted by atomic mass is 10.4. The summed E-state index contributed by atoms with van der Waals surface area (Å²) in [5, 5.41) is 16.4. The molecule has 2 heteroatoms. The number of aliphatic hydroxyl groups excluding tert-OH is 2. The van der Waals surface area contributed by atoms with Crippen molar-refractivity contribution in [1.29, 1.82) is 0 Å². The minimum atomic E-state index is 0.223. The summed E-state index contributed by atoms with van der Waals surface area (Å²) in [6.45, 7) is 4.24. The van der Waals surface area contributed by atoms with Gasteiger partial charge in [0.1, 0.15) is 0 Å². The summed E-state index contributed by atoms with van der Waals surface area (Å²) in [6, 6.07) is 0. The van der Waals surface area contributed by atoms with Crippen LogP contribution >= 0.6 is 0 Å². The van der Waals surface area contributed by atoms with Gasteiger partial charge in [-0.15, -0.1) is 11.5 Å². The highest BCUT2D eigenvalue weighted by Crippen LogP contribution is 1.75. The zero-order chi connectivity index (χ0) is 11.1. The quantitative estimate of drug-likeness (QED) is 0.677. The zero-order valence-corrected chi connectivity index (χ0v) is 9.03. The van der Waals surface area contributed by atoms with Crippen molar-refractivity contribution < 1.29 is 10.2 Å². The van der Waals surface area contributed by atoms with Gasteiger partial charge >= 0.3 is 0 Å². The van der Waals surface area contributed by atoms with Gasteiger partial charge in [-0.3, -0.25) is 0 Å². The van der Waals surface area contributed by atoms with Crippen molar-refractivity contribution >= 4 is 0 Å². The average molecular weight is 196 g/mol. The number of hydrogen-bond acceptors (Lipinski definition) is 2. The normalized spacial score (nSPS) is 7.14. The first kappa shape index (κ1) is 15.4. The maximum Gasteiger partial charge on any atom is 0.0471 e. The minimum Gasteiger partial charge on any atom is -0.396 e. The minimum absolute atomic E-state index is 0.223. The van der Waals surface area contributed by atoms with Gasteiger partial charge in [0.15, 0.2) is 0 Å². The second-order valence-corrected chi connectivity index (χ2v) is 2.34. The van der Waals surface area contributed by atoms with Crippen LogP contribution in [0.25, 0.3) is 0 Å². The van der Waals surface area contributed by atoms with Gasteiger partial charge in [-0.2, -0.15) is 0 Å². The van der Waals surface area contributed by atoms with Gasteiger partial charge < -0.3 is 10.2 Å². The monoisotopic (exact) mass is 196 g/mol. The Balaban J connectivity index is 0. The molecule has 0 radical (unpaired) electrons. The van der Waals surface area contributed by atoms with E-state index in [0.29, 0.717) is 12.8 Å². The van der Waals surface area contributed by atoms with Gasteiger partial charge in [0.05, 0.1) is 0 Å². The molecule has 0 atom stereocenters. The van der Waals surface area contributed by atoms with Gasteiger partial charge in [0.25, 0.3) is 0 Å². The van der Waals surface area contributed by atoms with Gasteiger partial charge in [0, 0.05) is 13.2 Å². The molecule has 0 aromatic rings. The Hall–Kier alpha value is -1.04. The Morgan fingerprint density at radius 2 is 1.21 bits per heavy atom. The first-order valence-corrected chi connectivity index (χ1v) is 4.76. The molecule has 0 heterocycles. The molecule has 0 unspecified atom stereocenters. The third kappa shape index (κ3) is 22.4. The van der Waals surface area contributed by atoms with E-state index in [0.717, 1.165) is 0 Å². The Morgan fingerprint density at radius 1 is 0.857 bits per heavy atom. The van der Waals surface area contributed by atoms with Crippen LogP contribution in [0.2, 0.25) is 0 Å². The lowest BCUT2D eigenvalue weighted by Gasteiger charge is -1.74. The second-order valence-electron chi connectivity index (χ2n) is 2.34. The van der Waals surface area contributed by atoms with E-state index in [4.69, 9.17) is 10.2 Å².